The molecule has 1 aromatic carbocycles. The maximum absolute atomic E-state index is 12.4. The third-order valence-electron chi connectivity index (χ3n) is 3.82. The number of esters is 1. The second-order valence-corrected chi connectivity index (χ2v) is 5.47. The van der Waals surface area contributed by atoms with Gasteiger partial charge < -0.3 is 24.3 Å². The number of carbonyl (C=O) groups is 3. The van der Waals surface area contributed by atoms with Gasteiger partial charge in [-0.2, -0.15) is 0 Å². The number of fused-ring (bicyclic) bond motifs is 1. The number of imide groups is 1. The monoisotopic (exact) mass is 350 g/mol. The first-order valence-electron chi connectivity index (χ1n) is 7.79. The number of benzene rings is 1. The Hall–Kier alpha value is -2.97. The van der Waals surface area contributed by atoms with Crippen molar-refractivity contribution in [2.45, 2.75) is 13.0 Å². The van der Waals surface area contributed by atoms with Crippen LogP contribution < -0.4 is 19.5 Å². The number of carbonyl (C=O) groups excluding carboxylic acids is 3. The van der Waals surface area contributed by atoms with Crippen LogP contribution in [0, 0.1) is 0 Å². The third-order valence-corrected chi connectivity index (χ3v) is 3.82. The molecule has 2 aliphatic heterocycles. The predicted molar refractivity (Wildman–Crippen MR) is 84.0 cm³/mol. The highest BCUT2D eigenvalue weighted by molar-refractivity contribution is 5.99. The van der Waals surface area contributed by atoms with Crippen LogP contribution in [-0.4, -0.2) is 62.3 Å². The molecular formula is C16H18N2O7. The molecule has 2 heterocycles. The average Bonchev–Trinajstić information content (AvgIpc) is 3.05. The molecule has 134 valence electrons. The van der Waals surface area contributed by atoms with E-state index in [1.165, 1.54) is 26.2 Å². The fraction of sp³-hybridized carbons (Fsp3) is 0.438. The topological polar surface area (TPSA) is 103 Å². The van der Waals surface area contributed by atoms with E-state index in [4.69, 9.17) is 18.9 Å². The Kier molecular flexibility index (Phi) is 4.64. The summed E-state index contributed by atoms with van der Waals surface area (Å²) in [5.74, 6) is -0.177. The van der Waals surface area contributed by atoms with Gasteiger partial charge in [0.25, 0.3) is 5.91 Å². The summed E-state index contributed by atoms with van der Waals surface area (Å²) in [5, 5.41) is 2.52. The molecule has 1 atom stereocenters. The van der Waals surface area contributed by atoms with E-state index < -0.39 is 24.0 Å². The summed E-state index contributed by atoms with van der Waals surface area (Å²) in [4.78, 5) is 37.1. The lowest BCUT2D eigenvalue weighted by molar-refractivity contribution is -0.136. The average molecular weight is 350 g/mol. The largest absolute Gasteiger partial charge is 0.493 e. The minimum atomic E-state index is -1.10. The second kappa shape index (κ2) is 6.88. The summed E-state index contributed by atoms with van der Waals surface area (Å²) in [5.41, 5.74) is 0.159. The predicted octanol–water partition coefficient (Wildman–Crippen LogP) is 0.563. The number of rotatable bonds is 4. The molecule has 0 unspecified atom stereocenters. The Morgan fingerprint density at radius 1 is 1.28 bits per heavy atom. The van der Waals surface area contributed by atoms with Crippen molar-refractivity contribution in [3.05, 3.63) is 17.7 Å². The zero-order chi connectivity index (χ0) is 18.0. The third kappa shape index (κ3) is 3.30. The normalized spacial score (nSPS) is 16.9. The van der Waals surface area contributed by atoms with E-state index in [2.05, 4.69) is 5.32 Å². The smallest absolute Gasteiger partial charge is 0.339 e. The van der Waals surface area contributed by atoms with Crippen molar-refractivity contribution in [1.82, 2.24) is 10.2 Å². The molecular weight excluding hydrogens is 332 g/mol. The van der Waals surface area contributed by atoms with Crippen LogP contribution in [0.3, 0.4) is 0 Å². The highest BCUT2D eigenvalue weighted by atomic mass is 16.6. The standard InChI is InChI=1S/C16H18N2O7/c1-9(14(19)18-4-3-17-16(18)21)25-15(20)10-7-11(22-2)13-12(8-10)23-5-6-24-13/h7-9H,3-6H2,1-2H3,(H,17,21)/t9-/m1/s1. The van der Waals surface area contributed by atoms with Gasteiger partial charge in [0.15, 0.2) is 17.6 Å². The fourth-order valence-electron chi connectivity index (χ4n) is 2.57. The molecule has 9 nitrogen and oxygen atoms in total. The maximum Gasteiger partial charge on any atom is 0.339 e. The Bertz CT molecular complexity index is 701. The van der Waals surface area contributed by atoms with Crippen molar-refractivity contribution in [2.24, 2.45) is 0 Å². The van der Waals surface area contributed by atoms with Gasteiger partial charge in [0.05, 0.1) is 12.7 Å². The second-order valence-electron chi connectivity index (χ2n) is 5.47. The highest BCUT2D eigenvalue weighted by Gasteiger charge is 2.32. The Balaban J connectivity index is 1.74. The van der Waals surface area contributed by atoms with Crippen molar-refractivity contribution in [3.63, 3.8) is 0 Å². The molecule has 2 aliphatic rings. The van der Waals surface area contributed by atoms with Gasteiger partial charge in [-0.15, -0.1) is 0 Å². The fourth-order valence-corrected chi connectivity index (χ4v) is 2.57. The van der Waals surface area contributed by atoms with Crippen molar-refractivity contribution in [1.29, 1.82) is 0 Å². The molecule has 0 radical (unpaired) electrons. The zero-order valence-corrected chi connectivity index (χ0v) is 13.9. The van der Waals surface area contributed by atoms with E-state index in [0.717, 1.165) is 4.90 Å². The van der Waals surface area contributed by atoms with Gasteiger partial charge in [-0.05, 0) is 19.1 Å². The number of methoxy groups -OCH3 is 1. The van der Waals surface area contributed by atoms with Gasteiger partial charge in [-0.1, -0.05) is 0 Å². The number of hydrogen-bond donors (Lipinski definition) is 1. The summed E-state index contributed by atoms with van der Waals surface area (Å²) in [6, 6.07) is 2.43. The molecule has 0 aromatic heterocycles. The molecule has 1 fully saturated rings. The van der Waals surface area contributed by atoms with Gasteiger partial charge in [0.2, 0.25) is 5.75 Å². The van der Waals surface area contributed by atoms with E-state index in [0.29, 0.717) is 37.0 Å². The van der Waals surface area contributed by atoms with E-state index >= 15 is 0 Å². The Morgan fingerprint density at radius 2 is 2.04 bits per heavy atom. The number of nitrogens with zero attached hydrogens (tertiary/aromatic N) is 1. The quantitative estimate of drug-likeness (QED) is 0.792. The van der Waals surface area contributed by atoms with E-state index in [1.807, 2.05) is 0 Å². The highest BCUT2D eigenvalue weighted by Crippen LogP contribution is 2.40. The van der Waals surface area contributed by atoms with Crippen LogP contribution in [-0.2, 0) is 9.53 Å². The van der Waals surface area contributed by atoms with Gasteiger partial charge in [-0.3, -0.25) is 9.69 Å². The molecule has 0 saturated carbocycles. The first-order valence-corrected chi connectivity index (χ1v) is 7.79. The molecule has 3 rings (SSSR count). The first-order chi connectivity index (χ1) is 12.0. The SMILES string of the molecule is COc1cc(C(=O)O[C@H](C)C(=O)N2CCNC2=O)cc2c1OCCO2. The van der Waals surface area contributed by atoms with Crippen LogP contribution in [0.4, 0.5) is 4.79 Å². The number of ether oxygens (including phenoxy) is 4. The molecule has 1 aromatic rings. The minimum absolute atomic E-state index is 0.159. The lowest BCUT2D eigenvalue weighted by atomic mass is 10.1. The number of hydrogen-bond acceptors (Lipinski definition) is 7. The van der Waals surface area contributed by atoms with Crippen molar-refractivity contribution in [3.8, 4) is 17.2 Å². The van der Waals surface area contributed by atoms with Crippen molar-refractivity contribution in [2.75, 3.05) is 33.4 Å². The van der Waals surface area contributed by atoms with E-state index in [9.17, 15) is 14.4 Å². The summed E-state index contributed by atoms with van der Waals surface area (Å²) >= 11 is 0. The summed E-state index contributed by atoms with van der Waals surface area (Å²) < 4.78 is 21.3. The van der Waals surface area contributed by atoms with Crippen LogP contribution in [0.2, 0.25) is 0 Å². The Morgan fingerprint density at radius 3 is 2.72 bits per heavy atom. The van der Waals surface area contributed by atoms with Crippen LogP contribution in [0.1, 0.15) is 17.3 Å². The van der Waals surface area contributed by atoms with E-state index in [-0.39, 0.29) is 12.1 Å². The molecule has 0 bridgehead atoms. The molecule has 1 saturated heterocycles. The minimum Gasteiger partial charge on any atom is -0.493 e. The number of amides is 3. The summed E-state index contributed by atoms with van der Waals surface area (Å²) in [7, 11) is 1.45. The molecule has 0 spiro atoms. The molecule has 0 aliphatic carbocycles. The molecule has 1 N–H and O–H groups in total. The lowest BCUT2D eigenvalue weighted by Crippen LogP contribution is -2.41. The van der Waals surface area contributed by atoms with E-state index in [1.54, 1.807) is 0 Å². The summed E-state index contributed by atoms with van der Waals surface area (Å²) in [6.07, 6.45) is -1.10. The van der Waals surface area contributed by atoms with Crippen LogP contribution >= 0.6 is 0 Å². The van der Waals surface area contributed by atoms with Gasteiger partial charge in [0, 0.05) is 13.1 Å². The number of nitrogens with one attached hydrogen (secondary N) is 1. The maximum atomic E-state index is 12.4. The van der Waals surface area contributed by atoms with Gasteiger partial charge in [-0.25, -0.2) is 9.59 Å². The zero-order valence-electron chi connectivity index (χ0n) is 13.9. The van der Waals surface area contributed by atoms with Crippen LogP contribution in [0.15, 0.2) is 12.1 Å². The lowest BCUT2D eigenvalue weighted by Gasteiger charge is -2.22. The van der Waals surface area contributed by atoms with Crippen LogP contribution in [0.5, 0.6) is 17.2 Å². The van der Waals surface area contributed by atoms with Crippen molar-refractivity contribution < 1.29 is 33.3 Å². The molecule has 9 heteroatoms. The molecule has 25 heavy (non-hydrogen) atoms. The van der Waals surface area contributed by atoms with Crippen molar-refractivity contribution >= 4 is 17.9 Å². The Labute approximate surface area is 143 Å². The number of urea groups is 1. The molecule has 3 amide bonds. The van der Waals surface area contributed by atoms with Gasteiger partial charge >= 0.3 is 12.0 Å². The summed E-state index contributed by atoms with van der Waals surface area (Å²) in [6.45, 7) is 2.79. The first kappa shape index (κ1) is 16.9. The van der Waals surface area contributed by atoms with Crippen LogP contribution in [0.25, 0.3) is 0 Å². The van der Waals surface area contributed by atoms with Gasteiger partial charge in [0.1, 0.15) is 13.2 Å².